The SMILES string of the molecule is CN(C(=O)Nc1ncccn1)c1ccccc1C(=O)O. The summed E-state index contributed by atoms with van der Waals surface area (Å²) in [5.41, 5.74) is 0.326. The van der Waals surface area contributed by atoms with Gasteiger partial charge in [-0.15, -0.1) is 0 Å². The predicted octanol–water partition coefficient (Wildman–Crippen LogP) is 1.84. The topological polar surface area (TPSA) is 95.4 Å². The van der Waals surface area contributed by atoms with Crippen molar-refractivity contribution in [2.24, 2.45) is 0 Å². The van der Waals surface area contributed by atoms with Gasteiger partial charge in [-0.3, -0.25) is 10.2 Å². The molecule has 0 unspecified atom stereocenters. The van der Waals surface area contributed by atoms with Gasteiger partial charge >= 0.3 is 12.0 Å². The second kappa shape index (κ2) is 5.79. The third-order valence-electron chi connectivity index (χ3n) is 2.58. The normalized spacial score (nSPS) is 9.85. The van der Waals surface area contributed by atoms with Crippen LogP contribution in [0.2, 0.25) is 0 Å². The molecule has 2 aromatic rings. The highest BCUT2D eigenvalue weighted by molar-refractivity contribution is 6.05. The van der Waals surface area contributed by atoms with Crippen molar-refractivity contribution in [3.63, 3.8) is 0 Å². The van der Waals surface area contributed by atoms with E-state index in [0.29, 0.717) is 0 Å². The third-order valence-corrected chi connectivity index (χ3v) is 2.58. The fraction of sp³-hybridized carbons (Fsp3) is 0.0769. The van der Waals surface area contributed by atoms with E-state index in [1.807, 2.05) is 0 Å². The van der Waals surface area contributed by atoms with Crippen LogP contribution in [0.15, 0.2) is 42.7 Å². The van der Waals surface area contributed by atoms with Crippen LogP contribution >= 0.6 is 0 Å². The molecule has 1 aromatic heterocycles. The van der Waals surface area contributed by atoms with E-state index in [1.165, 1.54) is 30.4 Å². The molecule has 7 nitrogen and oxygen atoms in total. The number of benzene rings is 1. The second-order valence-electron chi connectivity index (χ2n) is 3.88. The summed E-state index contributed by atoms with van der Waals surface area (Å²) >= 11 is 0. The molecule has 0 saturated heterocycles. The van der Waals surface area contributed by atoms with Crippen LogP contribution in [0.5, 0.6) is 0 Å². The maximum atomic E-state index is 12.0. The van der Waals surface area contributed by atoms with Crippen LogP contribution < -0.4 is 10.2 Å². The molecule has 1 heterocycles. The minimum atomic E-state index is -1.10. The number of amides is 2. The molecule has 102 valence electrons. The van der Waals surface area contributed by atoms with Gasteiger partial charge in [-0.05, 0) is 18.2 Å². The van der Waals surface area contributed by atoms with Crippen LogP contribution in [0.1, 0.15) is 10.4 Å². The van der Waals surface area contributed by atoms with Crippen molar-refractivity contribution in [2.75, 3.05) is 17.3 Å². The number of urea groups is 1. The molecule has 2 N–H and O–H groups in total. The number of carbonyl (C=O) groups is 2. The van der Waals surface area contributed by atoms with Crippen molar-refractivity contribution >= 4 is 23.6 Å². The van der Waals surface area contributed by atoms with Crippen LogP contribution in [-0.4, -0.2) is 34.1 Å². The number of anilines is 2. The van der Waals surface area contributed by atoms with Gasteiger partial charge in [0.2, 0.25) is 5.95 Å². The zero-order valence-corrected chi connectivity index (χ0v) is 10.6. The molecule has 2 rings (SSSR count). The van der Waals surface area contributed by atoms with E-state index in [9.17, 15) is 9.59 Å². The Hall–Kier alpha value is -2.96. The van der Waals surface area contributed by atoms with Crippen LogP contribution in [0.4, 0.5) is 16.4 Å². The maximum absolute atomic E-state index is 12.0. The molecule has 1 aromatic carbocycles. The summed E-state index contributed by atoms with van der Waals surface area (Å²) in [6.07, 6.45) is 2.99. The first-order chi connectivity index (χ1) is 9.59. The second-order valence-corrected chi connectivity index (χ2v) is 3.88. The lowest BCUT2D eigenvalue weighted by Gasteiger charge is -2.19. The number of carbonyl (C=O) groups excluding carboxylic acids is 1. The molecule has 0 aliphatic rings. The quantitative estimate of drug-likeness (QED) is 0.888. The Labute approximate surface area is 114 Å². The summed E-state index contributed by atoms with van der Waals surface area (Å²) < 4.78 is 0. The largest absolute Gasteiger partial charge is 0.478 e. The summed E-state index contributed by atoms with van der Waals surface area (Å²) in [4.78, 5) is 32.1. The number of aromatic nitrogens is 2. The van der Waals surface area contributed by atoms with Gasteiger partial charge in [-0.2, -0.15) is 0 Å². The van der Waals surface area contributed by atoms with Gasteiger partial charge in [0.15, 0.2) is 0 Å². The Morgan fingerprint density at radius 2 is 1.80 bits per heavy atom. The van der Waals surface area contributed by atoms with Gasteiger partial charge in [0.25, 0.3) is 0 Å². The van der Waals surface area contributed by atoms with Crippen molar-refractivity contribution in [1.82, 2.24) is 9.97 Å². The van der Waals surface area contributed by atoms with E-state index in [4.69, 9.17) is 5.11 Å². The first kappa shape index (κ1) is 13.5. The Kier molecular flexibility index (Phi) is 3.90. The number of nitrogens with one attached hydrogen (secondary N) is 1. The minimum Gasteiger partial charge on any atom is -0.478 e. The smallest absolute Gasteiger partial charge is 0.337 e. The van der Waals surface area contributed by atoms with E-state index < -0.39 is 12.0 Å². The summed E-state index contributed by atoms with van der Waals surface area (Å²) in [6, 6.07) is 7.34. The molecule has 0 spiro atoms. The van der Waals surface area contributed by atoms with Crippen molar-refractivity contribution in [3.8, 4) is 0 Å². The number of hydrogen-bond acceptors (Lipinski definition) is 4. The highest BCUT2D eigenvalue weighted by Crippen LogP contribution is 2.19. The third kappa shape index (κ3) is 2.89. The van der Waals surface area contributed by atoms with E-state index >= 15 is 0 Å². The zero-order valence-electron chi connectivity index (χ0n) is 10.6. The summed E-state index contributed by atoms with van der Waals surface area (Å²) in [6.45, 7) is 0. The number of aromatic carboxylic acids is 1. The highest BCUT2D eigenvalue weighted by atomic mass is 16.4. The number of carboxylic acid groups (broad SMARTS) is 1. The molecular weight excluding hydrogens is 260 g/mol. The standard InChI is InChI=1S/C13H12N4O3/c1-17(10-6-3-2-5-9(10)11(18)19)13(20)16-12-14-7-4-8-15-12/h2-8H,1H3,(H,18,19)(H,14,15,16,20). The van der Waals surface area contributed by atoms with Crippen molar-refractivity contribution in [1.29, 1.82) is 0 Å². The fourth-order valence-electron chi connectivity index (χ4n) is 1.60. The molecular formula is C13H12N4O3. The lowest BCUT2D eigenvalue weighted by Crippen LogP contribution is -2.32. The lowest BCUT2D eigenvalue weighted by molar-refractivity contribution is 0.0697. The van der Waals surface area contributed by atoms with E-state index in [0.717, 1.165) is 0 Å². The number of rotatable bonds is 3. The van der Waals surface area contributed by atoms with Crippen LogP contribution in [0.3, 0.4) is 0 Å². The van der Waals surface area contributed by atoms with Gasteiger partial charge in [-0.1, -0.05) is 12.1 Å². The molecule has 0 saturated carbocycles. The number of carboxylic acids is 1. The minimum absolute atomic E-state index is 0.0409. The van der Waals surface area contributed by atoms with Crippen molar-refractivity contribution < 1.29 is 14.7 Å². The Morgan fingerprint density at radius 1 is 1.15 bits per heavy atom. The molecule has 0 bridgehead atoms. The predicted molar refractivity (Wildman–Crippen MR) is 72.9 cm³/mol. The first-order valence-electron chi connectivity index (χ1n) is 5.73. The van der Waals surface area contributed by atoms with Gasteiger partial charge < -0.3 is 5.11 Å². The number of nitrogens with zero attached hydrogens (tertiary/aromatic N) is 3. The lowest BCUT2D eigenvalue weighted by atomic mass is 10.1. The van der Waals surface area contributed by atoms with Crippen LogP contribution in [0, 0.1) is 0 Å². The van der Waals surface area contributed by atoms with Crippen LogP contribution in [-0.2, 0) is 0 Å². The van der Waals surface area contributed by atoms with Gasteiger partial charge in [0.1, 0.15) is 0 Å². The first-order valence-corrected chi connectivity index (χ1v) is 5.73. The molecule has 0 aliphatic heterocycles. The van der Waals surface area contributed by atoms with Gasteiger partial charge in [-0.25, -0.2) is 19.6 Å². The number of para-hydroxylation sites is 1. The van der Waals surface area contributed by atoms with E-state index in [1.54, 1.807) is 24.3 Å². The van der Waals surface area contributed by atoms with E-state index in [2.05, 4.69) is 15.3 Å². The average molecular weight is 272 g/mol. The molecule has 0 aliphatic carbocycles. The molecule has 0 atom stereocenters. The maximum Gasteiger partial charge on any atom is 0.337 e. The Morgan fingerprint density at radius 3 is 2.45 bits per heavy atom. The number of hydrogen-bond donors (Lipinski definition) is 2. The zero-order chi connectivity index (χ0) is 14.5. The monoisotopic (exact) mass is 272 g/mol. The average Bonchev–Trinajstić information content (AvgIpc) is 2.47. The summed E-state index contributed by atoms with van der Waals surface area (Å²) in [7, 11) is 1.47. The molecule has 2 amide bonds. The molecule has 7 heteroatoms. The molecule has 0 fully saturated rings. The molecule has 20 heavy (non-hydrogen) atoms. The summed E-state index contributed by atoms with van der Waals surface area (Å²) in [5, 5.41) is 11.6. The molecule has 0 radical (unpaired) electrons. The van der Waals surface area contributed by atoms with E-state index in [-0.39, 0.29) is 17.2 Å². The highest BCUT2D eigenvalue weighted by Gasteiger charge is 2.18. The van der Waals surface area contributed by atoms with Gasteiger partial charge in [0, 0.05) is 19.4 Å². The van der Waals surface area contributed by atoms with Crippen molar-refractivity contribution in [3.05, 3.63) is 48.3 Å². The van der Waals surface area contributed by atoms with Gasteiger partial charge in [0.05, 0.1) is 11.3 Å². The van der Waals surface area contributed by atoms with Crippen molar-refractivity contribution in [2.45, 2.75) is 0 Å². The fourth-order valence-corrected chi connectivity index (χ4v) is 1.60. The Bertz CT molecular complexity index is 631. The Balaban J connectivity index is 2.21. The van der Waals surface area contributed by atoms with Crippen LogP contribution in [0.25, 0.3) is 0 Å². The summed E-state index contributed by atoms with van der Waals surface area (Å²) in [5.74, 6) is -0.951.